The minimum absolute atomic E-state index is 0.0188. The van der Waals surface area contributed by atoms with E-state index < -0.39 is 0 Å². The number of nitrogens with one attached hydrogen (secondary N) is 1. The summed E-state index contributed by atoms with van der Waals surface area (Å²) in [5.74, 6) is 0.0188. The molecule has 0 bridgehead atoms. The second-order valence-corrected chi connectivity index (χ2v) is 4.64. The average molecular weight is 234 g/mol. The molecule has 3 heteroatoms. The van der Waals surface area contributed by atoms with Gasteiger partial charge >= 0.3 is 0 Å². The van der Waals surface area contributed by atoms with Gasteiger partial charge in [0.2, 0.25) is 0 Å². The van der Waals surface area contributed by atoms with Gasteiger partial charge in [-0.1, -0.05) is 18.2 Å². The molecule has 0 fully saturated rings. The van der Waals surface area contributed by atoms with Crippen molar-refractivity contribution in [2.45, 2.75) is 39.7 Å². The van der Waals surface area contributed by atoms with Gasteiger partial charge in [-0.15, -0.1) is 0 Å². The number of benzene rings is 1. The lowest BCUT2D eigenvalue weighted by Crippen LogP contribution is -2.27. The third-order valence-corrected chi connectivity index (χ3v) is 2.83. The summed E-state index contributed by atoms with van der Waals surface area (Å²) in [6.07, 6.45) is 1.86. The van der Waals surface area contributed by atoms with Gasteiger partial charge in [-0.2, -0.15) is 0 Å². The van der Waals surface area contributed by atoms with Gasteiger partial charge in [0, 0.05) is 18.2 Å². The molecule has 0 radical (unpaired) electrons. The SMILES string of the molecule is Cc1cccc(C)c1C(=O)NCCCC(C)N. The van der Waals surface area contributed by atoms with Crippen LogP contribution in [-0.2, 0) is 0 Å². The standard InChI is InChI=1S/C14H22N2O/c1-10-6-4-7-11(2)13(10)14(17)16-9-5-8-12(3)15/h4,6-7,12H,5,8-9,15H2,1-3H3,(H,16,17). The fourth-order valence-corrected chi connectivity index (χ4v) is 1.89. The van der Waals surface area contributed by atoms with Gasteiger partial charge in [0.15, 0.2) is 0 Å². The maximum absolute atomic E-state index is 12.0. The first-order valence-electron chi connectivity index (χ1n) is 6.12. The van der Waals surface area contributed by atoms with E-state index in [2.05, 4.69) is 5.32 Å². The van der Waals surface area contributed by atoms with Crippen LogP contribution in [0.15, 0.2) is 18.2 Å². The summed E-state index contributed by atoms with van der Waals surface area (Å²) < 4.78 is 0. The Balaban J connectivity index is 2.53. The molecule has 1 atom stereocenters. The number of amides is 1. The van der Waals surface area contributed by atoms with Crippen molar-refractivity contribution < 1.29 is 4.79 Å². The van der Waals surface area contributed by atoms with E-state index >= 15 is 0 Å². The highest BCUT2D eigenvalue weighted by Gasteiger charge is 2.10. The van der Waals surface area contributed by atoms with Crippen LogP contribution in [0.25, 0.3) is 0 Å². The number of carbonyl (C=O) groups is 1. The van der Waals surface area contributed by atoms with Gasteiger partial charge in [-0.3, -0.25) is 4.79 Å². The van der Waals surface area contributed by atoms with E-state index in [0.29, 0.717) is 6.54 Å². The fraction of sp³-hybridized carbons (Fsp3) is 0.500. The topological polar surface area (TPSA) is 55.1 Å². The van der Waals surface area contributed by atoms with E-state index in [1.165, 1.54) is 0 Å². The zero-order chi connectivity index (χ0) is 12.8. The van der Waals surface area contributed by atoms with E-state index in [9.17, 15) is 4.79 Å². The zero-order valence-corrected chi connectivity index (χ0v) is 10.9. The third-order valence-electron chi connectivity index (χ3n) is 2.83. The molecule has 0 spiro atoms. The molecule has 1 rings (SSSR count). The summed E-state index contributed by atoms with van der Waals surface area (Å²) in [5.41, 5.74) is 8.50. The molecule has 0 heterocycles. The van der Waals surface area contributed by atoms with E-state index in [4.69, 9.17) is 5.73 Å². The van der Waals surface area contributed by atoms with Crippen molar-refractivity contribution >= 4 is 5.91 Å². The molecule has 0 saturated carbocycles. The minimum atomic E-state index is 0.0188. The quantitative estimate of drug-likeness (QED) is 0.767. The van der Waals surface area contributed by atoms with Gasteiger partial charge in [-0.05, 0) is 44.7 Å². The summed E-state index contributed by atoms with van der Waals surface area (Å²) >= 11 is 0. The van der Waals surface area contributed by atoms with Crippen LogP contribution < -0.4 is 11.1 Å². The van der Waals surface area contributed by atoms with Gasteiger partial charge in [0.05, 0.1) is 0 Å². The first-order valence-corrected chi connectivity index (χ1v) is 6.12. The fourth-order valence-electron chi connectivity index (χ4n) is 1.89. The molecule has 94 valence electrons. The van der Waals surface area contributed by atoms with E-state index in [0.717, 1.165) is 29.5 Å². The smallest absolute Gasteiger partial charge is 0.251 e. The van der Waals surface area contributed by atoms with Crippen LogP contribution in [0.3, 0.4) is 0 Å². The number of rotatable bonds is 5. The molecule has 3 N–H and O–H groups in total. The summed E-state index contributed by atoms with van der Waals surface area (Å²) in [7, 11) is 0. The largest absolute Gasteiger partial charge is 0.352 e. The molecule has 0 aromatic heterocycles. The van der Waals surface area contributed by atoms with Crippen LogP contribution in [-0.4, -0.2) is 18.5 Å². The molecule has 0 aliphatic carbocycles. The molecule has 3 nitrogen and oxygen atoms in total. The second-order valence-electron chi connectivity index (χ2n) is 4.64. The van der Waals surface area contributed by atoms with E-state index in [1.807, 2.05) is 39.0 Å². The Morgan fingerprint density at radius 3 is 2.47 bits per heavy atom. The van der Waals surface area contributed by atoms with Gasteiger partial charge < -0.3 is 11.1 Å². The van der Waals surface area contributed by atoms with Gasteiger partial charge in [0.25, 0.3) is 5.91 Å². The Morgan fingerprint density at radius 1 is 1.35 bits per heavy atom. The highest BCUT2D eigenvalue weighted by Crippen LogP contribution is 2.12. The molecule has 0 aliphatic heterocycles. The summed E-state index contributed by atoms with van der Waals surface area (Å²) in [4.78, 5) is 12.0. The monoisotopic (exact) mass is 234 g/mol. The van der Waals surface area contributed by atoms with Gasteiger partial charge in [-0.25, -0.2) is 0 Å². The van der Waals surface area contributed by atoms with Crippen molar-refractivity contribution in [2.75, 3.05) is 6.54 Å². The van der Waals surface area contributed by atoms with Crippen molar-refractivity contribution in [2.24, 2.45) is 5.73 Å². The molecule has 0 saturated heterocycles. The Kier molecular flexibility index (Phi) is 5.16. The van der Waals surface area contributed by atoms with Crippen molar-refractivity contribution in [3.63, 3.8) is 0 Å². The summed E-state index contributed by atoms with van der Waals surface area (Å²) in [6.45, 7) is 6.59. The molecule has 17 heavy (non-hydrogen) atoms. The molecule has 0 aliphatic rings. The van der Waals surface area contributed by atoms with Crippen LogP contribution in [0.2, 0.25) is 0 Å². The molecular weight excluding hydrogens is 212 g/mol. The molecule has 1 aromatic rings. The Hall–Kier alpha value is -1.35. The van der Waals surface area contributed by atoms with Crippen molar-refractivity contribution in [1.29, 1.82) is 0 Å². The maximum atomic E-state index is 12.0. The Morgan fingerprint density at radius 2 is 1.94 bits per heavy atom. The zero-order valence-electron chi connectivity index (χ0n) is 10.9. The molecule has 1 unspecified atom stereocenters. The van der Waals surface area contributed by atoms with Crippen molar-refractivity contribution in [3.8, 4) is 0 Å². The van der Waals surface area contributed by atoms with Crippen molar-refractivity contribution in [1.82, 2.24) is 5.32 Å². The lowest BCUT2D eigenvalue weighted by Gasteiger charge is -2.10. The normalized spacial score (nSPS) is 12.2. The lowest BCUT2D eigenvalue weighted by molar-refractivity contribution is 0.0951. The summed E-state index contributed by atoms with van der Waals surface area (Å²) in [6, 6.07) is 6.10. The highest BCUT2D eigenvalue weighted by molar-refractivity contribution is 5.96. The Bertz CT molecular complexity index is 366. The number of hydrogen-bond acceptors (Lipinski definition) is 2. The predicted molar refractivity (Wildman–Crippen MR) is 71.1 cm³/mol. The third kappa shape index (κ3) is 4.19. The second kappa shape index (κ2) is 6.40. The highest BCUT2D eigenvalue weighted by atomic mass is 16.1. The number of hydrogen-bond donors (Lipinski definition) is 2. The van der Waals surface area contributed by atoms with Gasteiger partial charge in [0.1, 0.15) is 0 Å². The number of aryl methyl sites for hydroxylation is 2. The number of nitrogens with two attached hydrogens (primary N) is 1. The molecule has 1 amide bonds. The van der Waals surface area contributed by atoms with E-state index in [1.54, 1.807) is 0 Å². The molecule has 1 aromatic carbocycles. The van der Waals surface area contributed by atoms with Crippen LogP contribution in [0, 0.1) is 13.8 Å². The molecular formula is C14H22N2O. The van der Waals surface area contributed by atoms with Crippen LogP contribution in [0.5, 0.6) is 0 Å². The number of carbonyl (C=O) groups excluding carboxylic acids is 1. The van der Waals surface area contributed by atoms with Crippen molar-refractivity contribution in [3.05, 3.63) is 34.9 Å². The van der Waals surface area contributed by atoms with Crippen LogP contribution >= 0.6 is 0 Å². The predicted octanol–water partition coefficient (Wildman–Crippen LogP) is 2.16. The van der Waals surface area contributed by atoms with Crippen LogP contribution in [0.4, 0.5) is 0 Å². The first kappa shape index (κ1) is 13.7. The lowest BCUT2D eigenvalue weighted by atomic mass is 10.0. The maximum Gasteiger partial charge on any atom is 0.251 e. The van der Waals surface area contributed by atoms with Crippen LogP contribution in [0.1, 0.15) is 41.3 Å². The minimum Gasteiger partial charge on any atom is -0.352 e. The van der Waals surface area contributed by atoms with E-state index in [-0.39, 0.29) is 11.9 Å². The summed E-state index contributed by atoms with van der Waals surface area (Å²) in [5, 5.41) is 2.94. The Labute approximate surface area is 103 Å². The average Bonchev–Trinajstić information content (AvgIpc) is 2.24. The first-order chi connectivity index (χ1) is 8.02.